The first-order valence-electron chi connectivity index (χ1n) is 5.15. The van der Waals surface area contributed by atoms with E-state index < -0.39 is 0 Å². The third kappa shape index (κ3) is 8.35. The number of hydrogen-bond acceptors (Lipinski definition) is 4. The molecule has 0 aliphatic carbocycles. The summed E-state index contributed by atoms with van der Waals surface area (Å²) >= 11 is 0. The van der Waals surface area contributed by atoms with Gasteiger partial charge in [0, 0.05) is 39.8 Å². The van der Waals surface area contributed by atoms with Crippen molar-refractivity contribution in [3.63, 3.8) is 0 Å². The van der Waals surface area contributed by atoms with Gasteiger partial charge in [-0.25, -0.2) is 0 Å². The van der Waals surface area contributed by atoms with E-state index in [1.165, 1.54) is 0 Å². The summed E-state index contributed by atoms with van der Waals surface area (Å²) in [5, 5.41) is 5.90. The number of hydrogen-bond donors (Lipinski definition) is 2. The molecule has 90 valence electrons. The SMILES string of the molecule is COC(CNCCC(=O)NC(C)C)OC. The Balaban J connectivity index is 3.41. The molecule has 0 bridgehead atoms. The number of ether oxygens (including phenoxy) is 2. The van der Waals surface area contributed by atoms with Gasteiger partial charge in [0.15, 0.2) is 6.29 Å². The summed E-state index contributed by atoms with van der Waals surface area (Å²) in [4.78, 5) is 11.2. The molecule has 0 atom stereocenters. The van der Waals surface area contributed by atoms with Gasteiger partial charge in [0.25, 0.3) is 0 Å². The maximum Gasteiger partial charge on any atom is 0.221 e. The van der Waals surface area contributed by atoms with E-state index in [9.17, 15) is 4.79 Å². The summed E-state index contributed by atoms with van der Waals surface area (Å²) in [6.45, 7) is 5.10. The second-order valence-electron chi connectivity index (χ2n) is 3.58. The molecule has 0 fully saturated rings. The molecule has 1 amide bonds. The van der Waals surface area contributed by atoms with Crippen molar-refractivity contribution in [1.29, 1.82) is 0 Å². The molecule has 0 saturated heterocycles. The highest BCUT2D eigenvalue weighted by atomic mass is 16.7. The third-order valence-corrected chi connectivity index (χ3v) is 1.82. The van der Waals surface area contributed by atoms with Crippen LogP contribution in [0.1, 0.15) is 20.3 Å². The molecule has 0 heterocycles. The van der Waals surface area contributed by atoms with Gasteiger partial charge in [-0.3, -0.25) is 4.79 Å². The lowest BCUT2D eigenvalue weighted by molar-refractivity contribution is -0.121. The molecule has 0 saturated carbocycles. The predicted molar refractivity (Wildman–Crippen MR) is 58.6 cm³/mol. The van der Waals surface area contributed by atoms with Crippen LogP contribution in [0.15, 0.2) is 0 Å². The summed E-state index contributed by atoms with van der Waals surface area (Å²) in [7, 11) is 3.17. The molecule has 0 aliphatic rings. The number of nitrogens with one attached hydrogen (secondary N) is 2. The van der Waals surface area contributed by atoms with Gasteiger partial charge in [-0.15, -0.1) is 0 Å². The first kappa shape index (κ1) is 14.3. The molecular formula is C10H22N2O3. The molecular weight excluding hydrogens is 196 g/mol. The van der Waals surface area contributed by atoms with Crippen molar-refractivity contribution in [1.82, 2.24) is 10.6 Å². The molecule has 5 heteroatoms. The minimum atomic E-state index is -0.252. The van der Waals surface area contributed by atoms with Gasteiger partial charge < -0.3 is 20.1 Å². The number of methoxy groups -OCH3 is 2. The van der Waals surface area contributed by atoms with Crippen molar-refractivity contribution < 1.29 is 14.3 Å². The summed E-state index contributed by atoms with van der Waals surface area (Å²) in [5.41, 5.74) is 0. The number of carbonyl (C=O) groups excluding carboxylic acids is 1. The fraction of sp³-hybridized carbons (Fsp3) is 0.900. The van der Waals surface area contributed by atoms with Crippen LogP contribution < -0.4 is 10.6 Å². The van der Waals surface area contributed by atoms with Crippen molar-refractivity contribution in [2.75, 3.05) is 27.3 Å². The Morgan fingerprint density at radius 2 is 1.87 bits per heavy atom. The van der Waals surface area contributed by atoms with Crippen LogP contribution in [0.2, 0.25) is 0 Å². The van der Waals surface area contributed by atoms with Gasteiger partial charge in [0.2, 0.25) is 5.91 Å². The Morgan fingerprint density at radius 3 is 2.33 bits per heavy atom. The Labute approximate surface area is 91.5 Å². The minimum Gasteiger partial charge on any atom is -0.355 e. The first-order chi connectivity index (χ1) is 7.10. The molecule has 5 nitrogen and oxygen atoms in total. The van der Waals surface area contributed by atoms with E-state index >= 15 is 0 Å². The molecule has 0 aliphatic heterocycles. The van der Waals surface area contributed by atoms with Crippen LogP contribution >= 0.6 is 0 Å². The molecule has 0 aromatic rings. The predicted octanol–water partition coefficient (Wildman–Crippen LogP) is 0.110. The fourth-order valence-corrected chi connectivity index (χ4v) is 1.08. The van der Waals surface area contributed by atoms with Crippen LogP contribution in [0.3, 0.4) is 0 Å². The Bertz CT molecular complexity index is 170. The Hall–Kier alpha value is -0.650. The average Bonchev–Trinajstić information content (AvgIpc) is 2.17. The van der Waals surface area contributed by atoms with Crippen molar-refractivity contribution in [2.45, 2.75) is 32.6 Å². The van der Waals surface area contributed by atoms with Crippen molar-refractivity contribution >= 4 is 5.91 Å². The van der Waals surface area contributed by atoms with Crippen LogP contribution in [-0.2, 0) is 14.3 Å². The summed E-state index contributed by atoms with van der Waals surface area (Å²) in [6, 6.07) is 0.197. The van der Waals surface area contributed by atoms with Gasteiger partial charge in [-0.05, 0) is 13.8 Å². The highest BCUT2D eigenvalue weighted by molar-refractivity contribution is 5.76. The van der Waals surface area contributed by atoms with Crippen LogP contribution in [0.5, 0.6) is 0 Å². The Kier molecular flexibility index (Phi) is 8.27. The van der Waals surface area contributed by atoms with E-state index in [1.807, 2.05) is 13.8 Å². The van der Waals surface area contributed by atoms with Crippen LogP contribution in [-0.4, -0.2) is 45.5 Å². The largest absolute Gasteiger partial charge is 0.355 e. The zero-order chi connectivity index (χ0) is 11.7. The second-order valence-corrected chi connectivity index (χ2v) is 3.58. The van der Waals surface area contributed by atoms with Crippen LogP contribution in [0.25, 0.3) is 0 Å². The molecule has 0 spiro atoms. The lowest BCUT2D eigenvalue weighted by Crippen LogP contribution is -2.35. The van der Waals surface area contributed by atoms with E-state index in [4.69, 9.17) is 9.47 Å². The normalized spacial score (nSPS) is 11.1. The van der Waals surface area contributed by atoms with Gasteiger partial charge in [0.05, 0.1) is 0 Å². The molecule has 2 N–H and O–H groups in total. The van der Waals surface area contributed by atoms with Crippen LogP contribution in [0, 0.1) is 0 Å². The van der Waals surface area contributed by atoms with Crippen molar-refractivity contribution in [2.24, 2.45) is 0 Å². The quantitative estimate of drug-likeness (QED) is 0.448. The maximum atomic E-state index is 11.2. The molecule has 15 heavy (non-hydrogen) atoms. The average molecular weight is 218 g/mol. The minimum absolute atomic E-state index is 0.0592. The second kappa shape index (κ2) is 8.64. The lowest BCUT2D eigenvalue weighted by atomic mass is 10.3. The standard InChI is InChI=1S/C10H22N2O3/c1-8(2)12-9(13)5-6-11-7-10(14-3)15-4/h8,10-11H,5-7H2,1-4H3,(H,12,13). The van der Waals surface area contributed by atoms with E-state index in [2.05, 4.69) is 10.6 Å². The number of carbonyl (C=O) groups is 1. The number of amides is 1. The smallest absolute Gasteiger partial charge is 0.221 e. The summed E-state index contributed by atoms with van der Waals surface area (Å²) < 4.78 is 9.97. The lowest BCUT2D eigenvalue weighted by Gasteiger charge is -2.14. The summed E-state index contributed by atoms with van der Waals surface area (Å²) in [5.74, 6) is 0.0592. The highest BCUT2D eigenvalue weighted by Crippen LogP contribution is 1.88. The van der Waals surface area contributed by atoms with Gasteiger partial charge >= 0.3 is 0 Å². The maximum absolute atomic E-state index is 11.2. The van der Waals surface area contributed by atoms with Crippen LogP contribution in [0.4, 0.5) is 0 Å². The zero-order valence-electron chi connectivity index (χ0n) is 10.0. The number of rotatable bonds is 8. The third-order valence-electron chi connectivity index (χ3n) is 1.82. The fourth-order valence-electron chi connectivity index (χ4n) is 1.08. The molecule has 0 aromatic carbocycles. The first-order valence-corrected chi connectivity index (χ1v) is 5.15. The zero-order valence-corrected chi connectivity index (χ0v) is 10.0. The van der Waals surface area contributed by atoms with Crippen molar-refractivity contribution in [3.8, 4) is 0 Å². The summed E-state index contributed by atoms with van der Waals surface area (Å²) in [6.07, 6.45) is 0.219. The van der Waals surface area contributed by atoms with Gasteiger partial charge in [-0.1, -0.05) is 0 Å². The van der Waals surface area contributed by atoms with Crippen molar-refractivity contribution in [3.05, 3.63) is 0 Å². The topological polar surface area (TPSA) is 59.6 Å². The highest BCUT2D eigenvalue weighted by Gasteiger charge is 2.05. The van der Waals surface area contributed by atoms with E-state index in [-0.39, 0.29) is 18.2 Å². The van der Waals surface area contributed by atoms with Gasteiger partial charge in [-0.2, -0.15) is 0 Å². The molecule has 0 aromatic heterocycles. The van der Waals surface area contributed by atoms with E-state index in [0.29, 0.717) is 19.5 Å². The Morgan fingerprint density at radius 1 is 1.27 bits per heavy atom. The van der Waals surface area contributed by atoms with E-state index in [1.54, 1.807) is 14.2 Å². The van der Waals surface area contributed by atoms with E-state index in [0.717, 1.165) is 0 Å². The molecule has 0 radical (unpaired) electrons. The molecule has 0 rings (SSSR count). The van der Waals surface area contributed by atoms with Gasteiger partial charge in [0.1, 0.15) is 0 Å². The molecule has 0 unspecified atom stereocenters. The monoisotopic (exact) mass is 218 g/mol.